The summed E-state index contributed by atoms with van der Waals surface area (Å²) < 4.78 is 0. The van der Waals surface area contributed by atoms with Crippen LogP contribution in [0.4, 0.5) is 0 Å². The molecule has 2 heteroatoms. The lowest BCUT2D eigenvalue weighted by Gasteiger charge is -2.25. The first-order valence-corrected chi connectivity index (χ1v) is 6.93. The molecule has 0 radical (unpaired) electrons. The van der Waals surface area contributed by atoms with E-state index in [4.69, 9.17) is 11.6 Å². The number of benzene rings is 2. The zero-order valence-electron chi connectivity index (χ0n) is 10.8. The number of fused-ring (bicyclic) bond motifs is 1. The van der Waals surface area contributed by atoms with E-state index in [2.05, 4.69) is 18.2 Å². The van der Waals surface area contributed by atoms with Crippen LogP contribution in [0.1, 0.15) is 45.8 Å². The van der Waals surface area contributed by atoms with E-state index >= 15 is 0 Å². The van der Waals surface area contributed by atoms with E-state index in [9.17, 15) is 4.79 Å². The first-order chi connectivity index (χ1) is 9.16. The minimum Gasteiger partial charge on any atom is -0.294 e. The number of rotatable bonds is 1. The van der Waals surface area contributed by atoms with E-state index in [1.54, 1.807) is 0 Å². The summed E-state index contributed by atoms with van der Waals surface area (Å²) in [5.41, 5.74) is 4.30. The molecular formula is C17H15ClO. The Bertz CT molecular complexity index is 645. The summed E-state index contributed by atoms with van der Waals surface area (Å²) in [6, 6.07) is 14.1. The number of ketones is 1. The fourth-order valence-electron chi connectivity index (χ4n) is 2.79. The molecule has 96 valence electrons. The van der Waals surface area contributed by atoms with Crippen LogP contribution >= 0.6 is 11.6 Å². The lowest BCUT2D eigenvalue weighted by molar-refractivity contribution is 0.0969. The Balaban J connectivity index is 2.09. The van der Waals surface area contributed by atoms with Crippen molar-refractivity contribution in [2.75, 3.05) is 0 Å². The number of carbonyl (C=O) groups excluding carboxylic acids is 1. The SMILES string of the molecule is Cc1ccc(C2CCC(=O)c3ccccc32)cc1Cl. The maximum absolute atomic E-state index is 12.0. The highest BCUT2D eigenvalue weighted by Crippen LogP contribution is 2.37. The van der Waals surface area contributed by atoms with Crippen LogP contribution in [0.2, 0.25) is 5.02 Å². The van der Waals surface area contributed by atoms with Gasteiger partial charge in [0.1, 0.15) is 0 Å². The van der Waals surface area contributed by atoms with Crippen molar-refractivity contribution in [3.8, 4) is 0 Å². The molecule has 0 fully saturated rings. The van der Waals surface area contributed by atoms with E-state index in [1.807, 2.05) is 31.2 Å². The summed E-state index contributed by atoms with van der Waals surface area (Å²) in [6.07, 6.45) is 1.49. The minimum atomic E-state index is 0.255. The molecule has 1 aliphatic carbocycles. The largest absolute Gasteiger partial charge is 0.294 e. The molecule has 0 aromatic heterocycles. The second-order valence-corrected chi connectivity index (χ2v) is 5.52. The van der Waals surface area contributed by atoms with Crippen molar-refractivity contribution < 1.29 is 4.79 Å². The molecule has 2 aromatic rings. The maximum atomic E-state index is 12.0. The lowest BCUT2D eigenvalue weighted by atomic mass is 9.78. The monoisotopic (exact) mass is 270 g/mol. The number of carbonyl (C=O) groups is 1. The van der Waals surface area contributed by atoms with Gasteiger partial charge in [0.05, 0.1) is 0 Å². The van der Waals surface area contributed by atoms with Crippen molar-refractivity contribution in [1.29, 1.82) is 0 Å². The molecule has 0 bridgehead atoms. The van der Waals surface area contributed by atoms with Gasteiger partial charge in [0.15, 0.2) is 5.78 Å². The number of halogens is 1. The van der Waals surface area contributed by atoms with Gasteiger partial charge in [0, 0.05) is 22.9 Å². The van der Waals surface area contributed by atoms with E-state index in [0.717, 1.165) is 28.1 Å². The standard InChI is InChI=1S/C17H15ClO/c1-11-6-7-12(10-16(11)18)13-8-9-17(19)15-5-3-2-4-14(13)15/h2-7,10,13H,8-9H2,1H3. The predicted molar refractivity (Wildman–Crippen MR) is 78.0 cm³/mol. The van der Waals surface area contributed by atoms with Gasteiger partial charge in [-0.15, -0.1) is 0 Å². The van der Waals surface area contributed by atoms with Gasteiger partial charge < -0.3 is 0 Å². The second-order valence-electron chi connectivity index (χ2n) is 5.11. The number of hydrogen-bond acceptors (Lipinski definition) is 1. The van der Waals surface area contributed by atoms with E-state index < -0.39 is 0 Å². The van der Waals surface area contributed by atoms with Crippen molar-refractivity contribution in [3.05, 3.63) is 69.7 Å². The average Bonchev–Trinajstić information content (AvgIpc) is 2.43. The Labute approximate surface area is 118 Å². The first-order valence-electron chi connectivity index (χ1n) is 6.55. The number of hydrogen-bond donors (Lipinski definition) is 0. The lowest BCUT2D eigenvalue weighted by Crippen LogP contribution is -2.16. The Morgan fingerprint density at radius 1 is 1.16 bits per heavy atom. The second kappa shape index (κ2) is 4.82. The molecule has 3 rings (SSSR count). The molecule has 1 aliphatic rings. The van der Waals surface area contributed by atoms with E-state index in [0.29, 0.717) is 6.42 Å². The fourth-order valence-corrected chi connectivity index (χ4v) is 2.98. The summed E-state index contributed by atoms with van der Waals surface area (Å²) in [5, 5.41) is 0.798. The molecule has 0 heterocycles. The zero-order chi connectivity index (χ0) is 13.4. The summed E-state index contributed by atoms with van der Waals surface area (Å²) in [6.45, 7) is 2.00. The molecule has 0 N–H and O–H groups in total. The van der Waals surface area contributed by atoms with Gasteiger partial charge in [0.2, 0.25) is 0 Å². The highest BCUT2D eigenvalue weighted by Gasteiger charge is 2.26. The molecule has 0 amide bonds. The quantitative estimate of drug-likeness (QED) is 0.730. The minimum absolute atomic E-state index is 0.255. The molecule has 0 saturated heterocycles. The van der Waals surface area contributed by atoms with Crippen LogP contribution in [-0.2, 0) is 0 Å². The van der Waals surface area contributed by atoms with Crippen LogP contribution in [0.25, 0.3) is 0 Å². The van der Waals surface area contributed by atoms with Gasteiger partial charge in [-0.2, -0.15) is 0 Å². The van der Waals surface area contributed by atoms with Crippen molar-refractivity contribution in [3.63, 3.8) is 0 Å². The molecule has 1 nitrogen and oxygen atoms in total. The Kier molecular flexibility index (Phi) is 3.16. The Hall–Kier alpha value is -1.60. The van der Waals surface area contributed by atoms with Gasteiger partial charge in [-0.1, -0.05) is 48.0 Å². The van der Waals surface area contributed by atoms with Gasteiger partial charge >= 0.3 is 0 Å². The molecule has 0 aliphatic heterocycles. The summed E-state index contributed by atoms with van der Waals surface area (Å²) >= 11 is 6.22. The van der Waals surface area contributed by atoms with Crippen molar-refractivity contribution in [2.45, 2.75) is 25.7 Å². The molecule has 1 atom stereocenters. The first kappa shape index (κ1) is 12.4. The average molecular weight is 271 g/mol. The van der Waals surface area contributed by atoms with Gasteiger partial charge in [0.25, 0.3) is 0 Å². The van der Waals surface area contributed by atoms with Gasteiger partial charge in [-0.3, -0.25) is 4.79 Å². The van der Waals surface area contributed by atoms with Crippen LogP contribution in [0, 0.1) is 6.92 Å². The smallest absolute Gasteiger partial charge is 0.163 e. The van der Waals surface area contributed by atoms with Gasteiger partial charge in [-0.05, 0) is 36.1 Å². The Morgan fingerprint density at radius 2 is 1.95 bits per heavy atom. The summed E-state index contributed by atoms with van der Waals surface area (Å²) in [7, 11) is 0. The zero-order valence-corrected chi connectivity index (χ0v) is 11.6. The van der Waals surface area contributed by atoms with E-state index in [-0.39, 0.29) is 11.7 Å². The van der Waals surface area contributed by atoms with Crippen LogP contribution in [0.5, 0.6) is 0 Å². The number of aryl methyl sites for hydroxylation is 1. The van der Waals surface area contributed by atoms with Crippen molar-refractivity contribution >= 4 is 17.4 Å². The third-order valence-electron chi connectivity index (χ3n) is 3.89. The molecule has 19 heavy (non-hydrogen) atoms. The third-order valence-corrected chi connectivity index (χ3v) is 4.30. The third kappa shape index (κ3) is 2.19. The normalized spacial score (nSPS) is 18.2. The maximum Gasteiger partial charge on any atom is 0.163 e. The highest BCUT2D eigenvalue weighted by molar-refractivity contribution is 6.31. The van der Waals surface area contributed by atoms with Crippen molar-refractivity contribution in [1.82, 2.24) is 0 Å². The van der Waals surface area contributed by atoms with Crippen LogP contribution in [0.3, 0.4) is 0 Å². The Morgan fingerprint density at radius 3 is 2.74 bits per heavy atom. The highest BCUT2D eigenvalue weighted by atomic mass is 35.5. The molecule has 2 aromatic carbocycles. The van der Waals surface area contributed by atoms with Gasteiger partial charge in [-0.25, -0.2) is 0 Å². The summed E-state index contributed by atoms with van der Waals surface area (Å²) in [5.74, 6) is 0.539. The predicted octanol–water partition coefficient (Wildman–Crippen LogP) is 4.76. The topological polar surface area (TPSA) is 17.1 Å². The molecular weight excluding hydrogens is 256 g/mol. The van der Waals surface area contributed by atoms with Crippen LogP contribution < -0.4 is 0 Å². The van der Waals surface area contributed by atoms with Crippen LogP contribution in [0.15, 0.2) is 42.5 Å². The summed E-state index contributed by atoms with van der Waals surface area (Å²) in [4.78, 5) is 12.0. The fraction of sp³-hybridized carbons (Fsp3) is 0.235. The van der Waals surface area contributed by atoms with Crippen molar-refractivity contribution in [2.24, 2.45) is 0 Å². The van der Waals surface area contributed by atoms with E-state index in [1.165, 1.54) is 5.56 Å². The number of Topliss-reactive ketones (excluding diaryl/α,β-unsaturated/α-hetero) is 1. The molecule has 0 spiro atoms. The van der Waals surface area contributed by atoms with Crippen LogP contribution in [-0.4, -0.2) is 5.78 Å². The molecule has 0 saturated carbocycles. The molecule has 1 unspecified atom stereocenters.